The summed E-state index contributed by atoms with van der Waals surface area (Å²) in [6.07, 6.45) is 2.66. The van der Waals surface area contributed by atoms with Gasteiger partial charge in [0.1, 0.15) is 0 Å². The summed E-state index contributed by atoms with van der Waals surface area (Å²) >= 11 is 0. The first-order valence-corrected chi connectivity index (χ1v) is 6.78. The molecule has 1 saturated heterocycles. The Balaban J connectivity index is 2.35. The van der Waals surface area contributed by atoms with E-state index >= 15 is 0 Å². The maximum atomic E-state index is 6.10. The molecule has 0 saturated carbocycles. The predicted octanol–water partition coefficient (Wildman–Crippen LogP) is 1.19. The molecule has 2 rings (SSSR count). The van der Waals surface area contributed by atoms with Gasteiger partial charge in [0.15, 0.2) is 0 Å². The molecule has 0 atom stereocenters. The zero-order valence-electron chi connectivity index (χ0n) is 12.5. The summed E-state index contributed by atoms with van der Waals surface area (Å²) in [5, 5.41) is 0. The zero-order chi connectivity index (χ0) is 14.3. The van der Waals surface area contributed by atoms with Gasteiger partial charge in [-0.25, -0.2) is 0 Å². The molecule has 1 aliphatic heterocycles. The molecule has 1 fully saturated rings. The quantitative estimate of drug-likeness (QED) is 0.831. The second-order valence-electron chi connectivity index (χ2n) is 6.15. The monoisotopic (exact) mass is 262 g/mol. The van der Waals surface area contributed by atoms with Gasteiger partial charge in [0.2, 0.25) is 0 Å². The van der Waals surface area contributed by atoms with E-state index in [9.17, 15) is 0 Å². The lowest BCUT2D eigenvalue weighted by Gasteiger charge is -2.32. The van der Waals surface area contributed by atoms with Gasteiger partial charge in [0, 0.05) is 11.9 Å². The first kappa shape index (κ1) is 14.5. The molecular formula is C14H23BN2O2. The van der Waals surface area contributed by atoms with Crippen molar-refractivity contribution in [2.75, 3.05) is 6.54 Å². The highest BCUT2D eigenvalue weighted by molar-refractivity contribution is 6.62. The van der Waals surface area contributed by atoms with Crippen molar-refractivity contribution in [3.05, 3.63) is 23.5 Å². The Kier molecular flexibility index (Phi) is 3.73. The Morgan fingerprint density at radius 2 is 1.79 bits per heavy atom. The number of hydrogen-bond acceptors (Lipinski definition) is 4. The minimum atomic E-state index is -0.340. The molecule has 1 aromatic heterocycles. The molecule has 0 unspecified atom stereocenters. The first-order chi connectivity index (χ1) is 8.77. The van der Waals surface area contributed by atoms with E-state index in [1.165, 1.54) is 0 Å². The van der Waals surface area contributed by atoms with Crippen LogP contribution in [0.15, 0.2) is 12.3 Å². The molecule has 0 aliphatic carbocycles. The Bertz CT molecular complexity index is 459. The molecule has 1 aliphatic rings. The highest BCUT2D eigenvalue weighted by Crippen LogP contribution is 2.36. The van der Waals surface area contributed by atoms with E-state index < -0.39 is 0 Å². The van der Waals surface area contributed by atoms with Crippen LogP contribution in [0.2, 0.25) is 0 Å². The van der Waals surface area contributed by atoms with Crippen LogP contribution in [0.1, 0.15) is 39.0 Å². The Labute approximate surface area is 115 Å². The molecule has 2 N–H and O–H groups in total. The van der Waals surface area contributed by atoms with Crippen LogP contribution in [-0.4, -0.2) is 29.8 Å². The van der Waals surface area contributed by atoms with Crippen LogP contribution in [-0.2, 0) is 15.7 Å². The van der Waals surface area contributed by atoms with Gasteiger partial charge < -0.3 is 15.0 Å². The minimum Gasteiger partial charge on any atom is -0.399 e. The van der Waals surface area contributed by atoms with Gasteiger partial charge in [-0.2, -0.15) is 0 Å². The summed E-state index contributed by atoms with van der Waals surface area (Å²) in [5.41, 5.74) is 8.13. The molecule has 0 aromatic carbocycles. The van der Waals surface area contributed by atoms with Gasteiger partial charge in [-0.1, -0.05) is 0 Å². The van der Waals surface area contributed by atoms with Crippen molar-refractivity contribution in [3.8, 4) is 0 Å². The van der Waals surface area contributed by atoms with Crippen LogP contribution >= 0.6 is 0 Å². The Morgan fingerprint density at radius 1 is 1.21 bits per heavy atom. The lowest BCUT2D eigenvalue weighted by atomic mass is 9.75. The summed E-state index contributed by atoms with van der Waals surface area (Å²) in [5.74, 6) is 0. The fourth-order valence-electron chi connectivity index (χ4n) is 2.16. The number of pyridine rings is 1. The summed E-state index contributed by atoms with van der Waals surface area (Å²) in [6, 6.07) is 2.03. The third kappa shape index (κ3) is 2.68. The third-order valence-corrected chi connectivity index (χ3v) is 4.08. The average molecular weight is 262 g/mol. The number of hydrogen-bond donors (Lipinski definition) is 1. The normalized spacial score (nSPS) is 20.8. The Morgan fingerprint density at radius 3 is 2.32 bits per heavy atom. The molecule has 4 nitrogen and oxygen atoms in total. The molecule has 5 heteroatoms. The van der Waals surface area contributed by atoms with Crippen LogP contribution in [0.5, 0.6) is 0 Å². The Hall–Kier alpha value is -0.905. The maximum absolute atomic E-state index is 6.10. The van der Waals surface area contributed by atoms with Crippen molar-refractivity contribution in [2.24, 2.45) is 5.73 Å². The number of aryl methyl sites for hydroxylation is 1. The van der Waals surface area contributed by atoms with Crippen molar-refractivity contribution in [2.45, 2.75) is 52.2 Å². The topological polar surface area (TPSA) is 57.4 Å². The average Bonchev–Trinajstić information content (AvgIpc) is 2.51. The molecule has 1 aromatic rings. The number of rotatable bonds is 3. The molecule has 0 bridgehead atoms. The second kappa shape index (κ2) is 4.89. The summed E-state index contributed by atoms with van der Waals surface area (Å²) in [6.45, 7) is 10.8. The van der Waals surface area contributed by atoms with E-state index in [4.69, 9.17) is 15.0 Å². The number of nitrogens with zero attached hydrogens (tertiary/aromatic N) is 1. The predicted molar refractivity (Wildman–Crippen MR) is 77.4 cm³/mol. The van der Waals surface area contributed by atoms with E-state index in [-0.39, 0.29) is 18.3 Å². The van der Waals surface area contributed by atoms with Crippen molar-refractivity contribution >= 4 is 12.6 Å². The van der Waals surface area contributed by atoms with E-state index in [2.05, 4.69) is 32.7 Å². The van der Waals surface area contributed by atoms with Crippen LogP contribution in [0, 0.1) is 6.92 Å². The van der Waals surface area contributed by atoms with Crippen LogP contribution in [0.3, 0.4) is 0 Å². The smallest absolute Gasteiger partial charge is 0.399 e. The van der Waals surface area contributed by atoms with Crippen molar-refractivity contribution < 1.29 is 9.31 Å². The molecule has 2 heterocycles. The van der Waals surface area contributed by atoms with Gasteiger partial charge in [-0.3, -0.25) is 4.98 Å². The van der Waals surface area contributed by atoms with Crippen molar-refractivity contribution in [3.63, 3.8) is 0 Å². The van der Waals surface area contributed by atoms with E-state index in [0.717, 1.165) is 23.1 Å². The van der Waals surface area contributed by atoms with E-state index in [1.54, 1.807) is 0 Å². The standard InChI is InChI=1S/C14H23BN2O2/c1-10-8-12(11(6-7-16)9-17-10)15-18-13(2,3)14(4,5)19-15/h8-9H,6-7,16H2,1-5H3. The number of aromatic nitrogens is 1. The van der Waals surface area contributed by atoms with Gasteiger partial charge in [-0.15, -0.1) is 0 Å². The fourth-order valence-corrected chi connectivity index (χ4v) is 2.16. The van der Waals surface area contributed by atoms with Crippen molar-refractivity contribution in [1.29, 1.82) is 0 Å². The van der Waals surface area contributed by atoms with Gasteiger partial charge >= 0.3 is 7.12 Å². The summed E-state index contributed by atoms with van der Waals surface area (Å²) in [7, 11) is -0.340. The molecule has 0 amide bonds. The second-order valence-corrected chi connectivity index (χ2v) is 6.15. The maximum Gasteiger partial charge on any atom is 0.495 e. The fraction of sp³-hybridized carbons (Fsp3) is 0.643. The molecule has 19 heavy (non-hydrogen) atoms. The van der Waals surface area contributed by atoms with E-state index in [0.29, 0.717) is 6.54 Å². The van der Waals surface area contributed by atoms with Crippen LogP contribution < -0.4 is 11.2 Å². The number of nitrogens with two attached hydrogens (primary N) is 1. The summed E-state index contributed by atoms with van der Waals surface area (Å²) in [4.78, 5) is 4.34. The highest BCUT2D eigenvalue weighted by Gasteiger charge is 2.52. The molecule has 0 spiro atoms. The first-order valence-electron chi connectivity index (χ1n) is 6.78. The summed E-state index contributed by atoms with van der Waals surface area (Å²) < 4.78 is 12.2. The highest BCUT2D eigenvalue weighted by atomic mass is 16.7. The largest absolute Gasteiger partial charge is 0.495 e. The van der Waals surface area contributed by atoms with Gasteiger partial charge in [0.05, 0.1) is 11.2 Å². The van der Waals surface area contributed by atoms with Crippen LogP contribution in [0.25, 0.3) is 0 Å². The van der Waals surface area contributed by atoms with Crippen LogP contribution in [0.4, 0.5) is 0 Å². The van der Waals surface area contributed by atoms with Gasteiger partial charge in [-0.05, 0) is 64.7 Å². The van der Waals surface area contributed by atoms with Crippen molar-refractivity contribution in [1.82, 2.24) is 4.98 Å². The van der Waals surface area contributed by atoms with Gasteiger partial charge in [0.25, 0.3) is 0 Å². The van der Waals surface area contributed by atoms with E-state index in [1.807, 2.05) is 19.2 Å². The SMILES string of the molecule is Cc1cc(B2OC(C)(C)C(C)(C)O2)c(CCN)cn1. The minimum absolute atomic E-state index is 0.325. The molecule has 104 valence electrons. The lowest BCUT2D eigenvalue weighted by molar-refractivity contribution is 0.00578. The zero-order valence-corrected chi connectivity index (χ0v) is 12.5. The molecular weight excluding hydrogens is 239 g/mol. The molecule has 0 radical (unpaired) electrons. The lowest BCUT2D eigenvalue weighted by Crippen LogP contribution is -2.41. The third-order valence-electron chi connectivity index (χ3n) is 4.08.